The van der Waals surface area contributed by atoms with Gasteiger partial charge in [0.15, 0.2) is 0 Å². The molecule has 0 saturated carbocycles. The van der Waals surface area contributed by atoms with Crippen LogP contribution >= 0.6 is 12.6 Å². The molecule has 3 nitrogen and oxygen atoms in total. The van der Waals surface area contributed by atoms with E-state index >= 15 is 0 Å². The summed E-state index contributed by atoms with van der Waals surface area (Å²) in [7, 11) is 0.671. The van der Waals surface area contributed by atoms with E-state index in [1.807, 2.05) is 24.3 Å². The van der Waals surface area contributed by atoms with E-state index in [1.165, 1.54) is 392 Å². The minimum Gasteiger partial charge on any atom is -0.423 e. The highest BCUT2D eigenvalue weighted by atomic mass is 32.1. The lowest BCUT2D eigenvalue weighted by Gasteiger charge is -2.23. The number of nitrogens with zero attached hydrogens (tertiary/aromatic N) is 1. The summed E-state index contributed by atoms with van der Waals surface area (Å²) in [6, 6.07) is 25.7. The number of thiol groups is 1. The normalized spacial score (nSPS) is 11.8. The summed E-state index contributed by atoms with van der Waals surface area (Å²) in [4.78, 5) is 2.30. The van der Waals surface area contributed by atoms with Crippen LogP contribution in [0.25, 0.3) is 21.5 Å². The Hall–Kier alpha value is -2.31. The van der Waals surface area contributed by atoms with E-state index < -0.39 is 7.12 Å². The van der Waals surface area contributed by atoms with Gasteiger partial charge in [0.25, 0.3) is 0 Å². The van der Waals surface area contributed by atoms with Crippen molar-refractivity contribution in [1.82, 2.24) is 4.90 Å². The topological polar surface area (TPSA) is 43.7 Å². The summed E-state index contributed by atoms with van der Waals surface area (Å²) in [6.45, 7) is 1.44. The van der Waals surface area contributed by atoms with Crippen LogP contribution in [0.15, 0.2) is 72.8 Å². The molecule has 0 saturated heterocycles. The number of fused-ring (bicyclic) bond motifs is 2. The summed E-state index contributed by atoms with van der Waals surface area (Å²) in [6.07, 6.45) is 82.7. The van der Waals surface area contributed by atoms with Gasteiger partial charge in [0, 0.05) is 13.1 Å². The van der Waals surface area contributed by atoms with Crippen LogP contribution in [0, 0.1) is 0 Å². The first-order chi connectivity index (χ1) is 42.6. The predicted octanol–water partition coefficient (Wildman–Crippen LogP) is 25.6. The lowest BCUT2D eigenvalue weighted by atomic mass is 9.77. The van der Waals surface area contributed by atoms with Gasteiger partial charge in [0.2, 0.25) is 0 Å². The van der Waals surface area contributed by atoms with Crippen LogP contribution in [0.4, 0.5) is 0 Å². The molecule has 0 aromatic heterocycles. The van der Waals surface area contributed by atoms with Crippen molar-refractivity contribution in [2.75, 3.05) is 12.8 Å². The molecule has 0 aliphatic carbocycles. The Morgan fingerprint density at radius 1 is 0.267 bits per heavy atom. The number of hydrogen-bond donors (Lipinski definition) is 3. The van der Waals surface area contributed by atoms with E-state index in [0.717, 1.165) is 24.3 Å². The van der Waals surface area contributed by atoms with Crippen LogP contribution < -0.4 is 5.46 Å². The maximum Gasteiger partial charge on any atom is 0.488 e. The Kier molecular flexibility index (Phi) is 49.2. The minimum absolute atomic E-state index is 0.581. The van der Waals surface area contributed by atoms with Gasteiger partial charge < -0.3 is 10.0 Å². The first-order valence-corrected chi connectivity index (χ1v) is 38.9. The zero-order chi connectivity index (χ0) is 60.7. The third kappa shape index (κ3) is 38.4. The van der Waals surface area contributed by atoms with Crippen molar-refractivity contribution in [3.63, 3.8) is 0 Å². The highest BCUT2D eigenvalue weighted by Crippen LogP contribution is 2.35. The second-order valence-corrected chi connectivity index (χ2v) is 28.0. The molecule has 0 fully saturated rings. The number of rotatable bonds is 63. The Morgan fingerprint density at radius 2 is 0.477 bits per heavy atom. The van der Waals surface area contributed by atoms with Gasteiger partial charge in [-0.25, -0.2) is 0 Å². The van der Waals surface area contributed by atoms with Crippen LogP contribution in [0.3, 0.4) is 0 Å². The molecule has 0 atom stereocenters. The van der Waals surface area contributed by atoms with Crippen molar-refractivity contribution >= 4 is 46.8 Å². The van der Waals surface area contributed by atoms with Gasteiger partial charge in [-0.15, -0.1) is 0 Å². The lowest BCUT2D eigenvalue weighted by molar-refractivity contribution is 0.321. The van der Waals surface area contributed by atoms with Crippen molar-refractivity contribution in [3.8, 4) is 0 Å². The highest BCUT2D eigenvalue weighted by molar-refractivity contribution is 7.80. The van der Waals surface area contributed by atoms with Crippen LogP contribution in [-0.2, 0) is 19.5 Å². The molecule has 0 unspecified atom stereocenters. The number of unbranched alkanes of at least 4 members (excludes halogenated alkanes) is 55. The molecule has 0 aliphatic rings. The first kappa shape index (κ1) is 76.1. The molecular formula is C81H138BNO2S. The summed E-state index contributed by atoms with van der Waals surface area (Å²) >= 11 is 4.31. The highest BCUT2D eigenvalue weighted by Gasteiger charge is 2.19. The summed E-state index contributed by atoms with van der Waals surface area (Å²) < 4.78 is 0. The third-order valence-corrected chi connectivity index (χ3v) is 20.0. The van der Waals surface area contributed by atoms with Gasteiger partial charge >= 0.3 is 7.12 Å². The molecule has 0 radical (unpaired) electrons. The summed E-state index contributed by atoms with van der Waals surface area (Å²) in [5, 5.41) is 25.4. The van der Waals surface area contributed by atoms with Crippen molar-refractivity contribution in [3.05, 3.63) is 89.5 Å². The second-order valence-electron chi connectivity index (χ2n) is 27.6. The Bertz CT molecular complexity index is 2060. The van der Waals surface area contributed by atoms with Crippen molar-refractivity contribution < 1.29 is 10.0 Å². The first-order valence-electron chi connectivity index (χ1n) is 38.2. The molecule has 4 rings (SSSR count). The predicted molar refractivity (Wildman–Crippen MR) is 389 cm³/mol. The average Bonchev–Trinajstić information content (AvgIpc) is 1.05. The fourth-order valence-corrected chi connectivity index (χ4v) is 14.5. The second kappa shape index (κ2) is 55.5. The molecule has 4 aromatic rings. The SMILES string of the molecule is CN(Cc1ccccc1B(O)O)Cc1c2ccccc2c(CCCCCCCCCCCCCCCCCCCCCCCCCCCCCCCCCCCCCCCCCCCCCCCCCCCCCCCCCCS)c2ccccc12. The Labute approximate surface area is 540 Å². The van der Waals surface area contributed by atoms with E-state index in [2.05, 4.69) is 73.1 Å². The Morgan fingerprint density at radius 3 is 0.721 bits per heavy atom. The quantitative estimate of drug-likeness (QED) is 0.0179. The molecule has 0 aliphatic heterocycles. The van der Waals surface area contributed by atoms with Crippen LogP contribution in [0.2, 0.25) is 0 Å². The average molecular weight is 1200 g/mol. The maximum atomic E-state index is 9.96. The van der Waals surface area contributed by atoms with E-state index in [4.69, 9.17) is 0 Å². The number of aryl methyl sites for hydroxylation is 1. The van der Waals surface area contributed by atoms with Gasteiger partial charge in [-0.2, -0.15) is 12.6 Å². The fourth-order valence-electron chi connectivity index (χ4n) is 14.3. The molecule has 0 spiro atoms. The van der Waals surface area contributed by atoms with Crippen molar-refractivity contribution in [1.29, 1.82) is 0 Å². The minimum atomic E-state index is -1.46. The number of hydrogen-bond acceptors (Lipinski definition) is 4. The molecule has 488 valence electrons. The Balaban J connectivity index is 0.793. The monoisotopic (exact) mass is 1200 g/mol. The molecule has 2 N–H and O–H groups in total. The van der Waals surface area contributed by atoms with Gasteiger partial charge in [-0.3, -0.25) is 4.90 Å². The van der Waals surface area contributed by atoms with E-state index in [9.17, 15) is 10.0 Å². The van der Waals surface area contributed by atoms with Crippen LogP contribution in [-0.4, -0.2) is 34.9 Å². The van der Waals surface area contributed by atoms with Crippen molar-refractivity contribution in [2.24, 2.45) is 0 Å². The zero-order valence-corrected chi connectivity index (χ0v) is 57.6. The molecular weight excluding hydrogens is 1060 g/mol. The third-order valence-electron chi connectivity index (χ3n) is 19.7. The molecule has 0 amide bonds. The molecule has 0 bridgehead atoms. The molecule has 4 aromatic carbocycles. The summed E-state index contributed by atoms with van der Waals surface area (Å²) in [5.74, 6) is 1.07. The number of benzene rings is 4. The molecule has 5 heteroatoms. The van der Waals surface area contributed by atoms with Gasteiger partial charge in [-0.1, -0.05) is 420 Å². The van der Waals surface area contributed by atoms with Crippen LogP contribution in [0.1, 0.15) is 376 Å². The molecule has 86 heavy (non-hydrogen) atoms. The summed E-state index contributed by atoms with van der Waals surface area (Å²) in [5.41, 5.74) is 4.39. The fraction of sp³-hybridized carbons (Fsp3) is 0.753. The van der Waals surface area contributed by atoms with Gasteiger partial charge in [-0.05, 0) is 75.8 Å². The largest absolute Gasteiger partial charge is 0.488 e. The standard InChI is InChI=1S/C81H138BNO2S/c1-83(72-74-64-57-62-70-81(74)82(84)85)73-80-78-68-60-58-66-76(78)75(77-67-59-61-69-79(77)80)65-56-54-52-50-48-46-44-42-40-38-36-34-32-30-28-26-24-22-20-18-16-14-12-10-8-6-4-2-3-5-7-9-11-13-15-17-19-21-23-25-27-29-31-33-35-37-39-41-43-45-47-49-51-53-55-63-71-86/h57-62,64,66-70,84-86H,2-56,63,65,71-73H2,1H3. The molecule has 0 heterocycles. The van der Waals surface area contributed by atoms with Gasteiger partial charge in [0.1, 0.15) is 0 Å². The zero-order valence-electron chi connectivity index (χ0n) is 56.7. The smallest absolute Gasteiger partial charge is 0.423 e. The van der Waals surface area contributed by atoms with E-state index in [0.29, 0.717) is 12.0 Å². The van der Waals surface area contributed by atoms with E-state index in [-0.39, 0.29) is 0 Å². The lowest BCUT2D eigenvalue weighted by Crippen LogP contribution is -2.35. The van der Waals surface area contributed by atoms with Crippen LogP contribution in [0.5, 0.6) is 0 Å². The van der Waals surface area contributed by atoms with Crippen molar-refractivity contribution in [2.45, 2.75) is 379 Å². The van der Waals surface area contributed by atoms with Gasteiger partial charge in [0.05, 0.1) is 0 Å². The van der Waals surface area contributed by atoms with E-state index in [1.54, 1.807) is 0 Å². The maximum absolute atomic E-state index is 9.96.